The second-order valence-corrected chi connectivity index (χ2v) is 5.79. The van der Waals surface area contributed by atoms with Gasteiger partial charge in [0.1, 0.15) is 11.6 Å². The molecule has 5 heteroatoms. The van der Waals surface area contributed by atoms with E-state index in [9.17, 15) is 9.18 Å². The van der Waals surface area contributed by atoms with Crippen LogP contribution >= 0.6 is 0 Å². The Balaban J connectivity index is 1.85. The highest BCUT2D eigenvalue weighted by molar-refractivity contribution is 5.90. The van der Waals surface area contributed by atoms with Gasteiger partial charge in [0.2, 0.25) is 5.91 Å². The fraction of sp³-hybridized carbons (Fsp3) is 0.278. The molecule has 120 valence electrons. The van der Waals surface area contributed by atoms with Crippen molar-refractivity contribution in [1.82, 2.24) is 9.88 Å². The standard InChI is InChI=1S/C18H19FN2O2/c1-11-14(15-9-13(19)6-7-16(15)20-11)10-18(22)21(3)12(2)17-5-4-8-23-17/h4-9,12,20H,10H2,1-3H3. The van der Waals surface area contributed by atoms with Crippen molar-refractivity contribution in [2.45, 2.75) is 26.3 Å². The van der Waals surface area contributed by atoms with E-state index in [-0.39, 0.29) is 24.2 Å². The number of likely N-dealkylation sites (N-methyl/N-ethyl adjacent to an activating group) is 1. The summed E-state index contributed by atoms with van der Waals surface area (Å²) >= 11 is 0. The minimum atomic E-state index is -0.303. The van der Waals surface area contributed by atoms with Gasteiger partial charge in [-0.25, -0.2) is 4.39 Å². The first-order chi connectivity index (χ1) is 11.0. The minimum Gasteiger partial charge on any atom is -0.467 e. The van der Waals surface area contributed by atoms with Gasteiger partial charge in [-0.05, 0) is 49.7 Å². The Morgan fingerprint density at radius 1 is 1.39 bits per heavy atom. The van der Waals surface area contributed by atoms with Gasteiger partial charge in [0.25, 0.3) is 0 Å². The average Bonchev–Trinajstić information content (AvgIpc) is 3.15. The molecule has 0 aliphatic rings. The van der Waals surface area contributed by atoms with Crippen molar-refractivity contribution in [3.8, 4) is 0 Å². The number of halogens is 1. The van der Waals surface area contributed by atoms with Gasteiger partial charge in [0.15, 0.2) is 0 Å². The van der Waals surface area contributed by atoms with E-state index < -0.39 is 0 Å². The van der Waals surface area contributed by atoms with Crippen LogP contribution in [0.4, 0.5) is 4.39 Å². The molecule has 4 nitrogen and oxygen atoms in total. The fourth-order valence-corrected chi connectivity index (χ4v) is 2.79. The zero-order chi connectivity index (χ0) is 16.6. The summed E-state index contributed by atoms with van der Waals surface area (Å²) in [7, 11) is 1.75. The number of nitrogens with one attached hydrogen (secondary N) is 1. The largest absolute Gasteiger partial charge is 0.467 e. The molecule has 0 fully saturated rings. The number of hydrogen-bond donors (Lipinski definition) is 1. The lowest BCUT2D eigenvalue weighted by molar-refractivity contribution is -0.131. The third kappa shape index (κ3) is 2.86. The first kappa shape index (κ1) is 15.3. The van der Waals surface area contributed by atoms with Crippen LogP contribution in [0.3, 0.4) is 0 Å². The number of amides is 1. The SMILES string of the molecule is Cc1[nH]c2ccc(F)cc2c1CC(=O)N(C)C(C)c1ccco1. The molecule has 0 saturated carbocycles. The summed E-state index contributed by atoms with van der Waals surface area (Å²) in [6, 6.07) is 8.07. The van der Waals surface area contributed by atoms with Crippen LogP contribution in [0.25, 0.3) is 10.9 Å². The van der Waals surface area contributed by atoms with Gasteiger partial charge < -0.3 is 14.3 Å². The predicted octanol–water partition coefficient (Wildman–Crippen LogP) is 3.97. The van der Waals surface area contributed by atoms with E-state index in [2.05, 4.69) is 4.98 Å². The van der Waals surface area contributed by atoms with Gasteiger partial charge in [0, 0.05) is 23.6 Å². The lowest BCUT2D eigenvalue weighted by atomic mass is 10.1. The van der Waals surface area contributed by atoms with E-state index in [0.29, 0.717) is 0 Å². The molecule has 2 heterocycles. The molecule has 0 saturated heterocycles. The Bertz CT molecular complexity index is 836. The smallest absolute Gasteiger partial charge is 0.227 e. The number of aromatic nitrogens is 1. The van der Waals surface area contributed by atoms with E-state index in [4.69, 9.17) is 4.42 Å². The number of furan rings is 1. The van der Waals surface area contributed by atoms with Gasteiger partial charge in [0.05, 0.1) is 18.7 Å². The van der Waals surface area contributed by atoms with Crippen LogP contribution in [0, 0.1) is 12.7 Å². The molecular weight excluding hydrogens is 295 g/mol. The maximum Gasteiger partial charge on any atom is 0.227 e. The molecule has 3 aromatic rings. The van der Waals surface area contributed by atoms with Crippen LogP contribution < -0.4 is 0 Å². The molecule has 1 N–H and O–H groups in total. The molecule has 3 rings (SSSR count). The Hall–Kier alpha value is -2.56. The van der Waals surface area contributed by atoms with E-state index in [1.54, 1.807) is 30.3 Å². The predicted molar refractivity (Wildman–Crippen MR) is 86.6 cm³/mol. The van der Waals surface area contributed by atoms with Gasteiger partial charge in [-0.3, -0.25) is 4.79 Å². The summed E-state index contributed by atoms with van der Waals surface area (Å²) in [5, 5.41) is 0.759. The van der Waals surface area contributed by atoms with Crippen molar-refractivity contribution in [3.63, 3.8) is 0 Å². The number of benzene rings is 1. The lowest BCUT2D eigenvalue weighted by Gasteiger charge is -2.23. The van der Waals surface area contributed by atoms with Gasteiger partial charge in [-0.15, -0.1) is 0 Å². The number of rotatable bonds is 4. The highest BCUT2D eigenvalue weighted by Gasteiger charge is 2.21. The third-order valence-corrected chi connectivity index (χ3v) is 4.34. The monoisotopic (exact) mass is 314 g/mol. The number of carbonyl (C=O) groups is 1. The molecule has 1 aromatic carbocycles. The summed E-state index contributed by atoms with van der Waals surface area (Å²) in [6.45, 7) is 3.81. The van der Waals surface area contributed by atoms with Crippen LogP contribution in [0.5, 0.6) is 0 Å². The number of hydrogen-bond acceptors (Lipinski definition) is 2. The van der Waals surface area contributed by atoms with E-state index in [1.165, 1.54) is 12.1 Å². The third-order valence-electron chi connectivity index (χ3n) is 4.34. The topological polar surface area (TPSA) is 49.2 Å². The number of aromatic amines is 1. The Kier molecular flexibility index (Phi) is 3.94. The number of H-pyrrole nitrogens is 1. The second kappa shape index (κ2) is 5.91. The zero-order valence-corrected chi connectivity index (χ0v) is 13.4. The van der Waals surface area contributed by atoms with Crippen molar-refractivity contribution in [3.05, 3.63) is 59.4 Å². The van der Waals surface area contributed by atoms with Crippen molar-refractivity contribution >= 4 is 16.8 Å². The number of aryl methyl sites for hydroxylation is 1. The van der Waals surface area contributed by atoms with Gasteiger partial charge in [-0.1, -0.05) is 0 Å². The summed E-state index contributed by atoms with van der Waals surface area (Å²) < 4.78 is 18.9. The maximum absolute atomic E-state index is 13.5. The molecule has 2 aromatic heterocycles. The summed E-state index contributed by atoms with van der Waals surface area (Å²) in [6.07, 6.45) is 1.81. The quantitative estimate of drug-likeness (QED) is 0.792. The average molecular weight is 314 g/mol. The first-order valence-electron chi connectivity index (χ1n) is 7.53. The van der Waals surface area contributed by atoms with Crippen molar-refractivity contribution < 1.29 is 13.6 Å². The van der Waals surface area contributed by atoms with Gasteiger partial charge >= 0.3 is 0 Å². The fourth-order valence-electron chi connectivity index (χ4n) is 2.79. The number of carbonyl (C=O) groups excluding carboxylic acids is 1. The molecule has 0 spiro atoms. The van der Waals surface area contributed by atoms with Crippen LogP contribution in [0.2, 0.25) is 0 Å². The van der Waals surface area contributed by atoms with Crippen LogP contribution in [-0.2, 0) is 11.2 Å². The highest BCUT2D eigenvalue weighted by atomic mass is 19.1. The van der Waals surface area contributed by atoms with Crippen molar-refractivity contribution in [2.75, 3.05) is 7.05 Å². The highest BCUT2D eigenvalue weighted by Crippen LogP contribution is 2.25. The molecular formula is C18H19FN2O2. The summed E-state index contributed by atoms with van der Waals surface area (Å²) in [5.41, 5.74) is 2.56. The molecule has 0 bridgehead atoms. The Morgan fingerprint density at radius 2 is 2.17 bits per heavy atom. The van der Waals surface area contributed by atoms with Crippen molar-refractivity contribution in [2.24, 2.45) is 0 Å². The van der Waals surface area contributed by atoms with E-state index >= 15 is 0 Å². The lowest BCUT2D eigenvalue weighted by Crippen LogP contribution is -2.30. The second-order valence-electron chi connectivity index (χ2n) is 5.79. The van der Waals surface area contributed by atoms with Crippen LogP contribution in [0.1, 0.15) is 30.0 Å². The molecule has 0 radical (unpaired) electrons. The number of fused-ring (bicyclic) bond motifs is 1. The first-order valence-corrected chi connectivity index (χ1v) is 7.53. The Labute approximate surface area is 133 Å². The number of nitrogens with zero attached hydrogens (tertiary/aromatic N) is 1. The molecule has 0 aliphatic heterocycles. The molecule has 1 amide bonds. The zero-order valence-electron chi connectivity index (χ0n) is 13.4. The minimum absolute atomic E-state index is 0.0397. The summed E-state index contributed by atoms with van der Waals surface area (Å²) in [5.74, 6) is 0.396. The molecule has 23 heavy (non-hydrogen) atoms. The molecule has 1 atom stereocenters. The Morgan fingerprint density at radius 3 is 2.87 bits per heavy atom. The van der Waals surface area contributed by atoms with Crippen LogP contribution in [-0.4, -0.2) is 22.8 Å². The van der Waals surface area contributed by atoms with E-state index in [1.807, 2.05) is 19.9 Å². The summed E-state index contributed by atoms with van der Waals surface area (Å²) in [4.78, 5) is 17.5. The molecule has 0 aliphatic carbocycles. The maximum atomic E-state index is 13.5. The van der Waals surface area contributed by atoms with Crippen LogP contribution in [0.15, 0.2) is 41.0 Å². The molecule has 1 unspecified atom stereocenters. The van der Waals surface area contributed by atoms with Crippen molar-refractivity contribution in [1.29, 1.82) is 0 Å². The normalized spacial score (nSPS) is 12.5. The van der Waals surface area contributed by atoms with Gasteiger partial charge in [-0.2, -0.15) is 0 Å². The van der Waals surface area contributed by atoms with E-state index in [0.717, 1.165) is 27.9 Å².